The van der Waals surface area contributed by atoms with Crippen LogP contribution in [0.15, 0.2) is 18.6 Å². The van der Waals surface area contributed by atoms with Crippen LogP contribution in [0.4, 0.5) is 0 Å². The molecule has 0 aliphatic carbocycles. The van der Waals surface area contributed by atoms with Crippen molar-refractivity contribution in [1.29, 1.82) is 0 Å². The molecule has 0 atom stereocenters. The molecule has 0 aromatic carbocycles. The maximum atomic E-state index is 5.29. The van der Waals surface area contributed by atoms with Gasteiger partial charge in [-0.15, -0.1) is 0 Å². The van der Waals surface area contributed by atoms with Crippen LogP contribution in [0.2, 0.25) is 0 Å². The van der Waals surface area contributed by atoms with Gasteiger partial charge < -0.3 is 10.6 Å². The number of thiocarbonyl (C=S) groups is 1. The van der Waals surface area contributed by atoms with Crippen molar-refractivity contribution >= 4 is 17.3 Å². The van der Waals surface area contributed by atoms with Gasteiger partial charge in [0.2, 0.25) is 0 Å². The predicted molar refractivity (Wildman–Crippen MR) is 86.8 cm³/mol. The molecular formula is C14H22N6S. The highest BCUT2D eigenvalue weighted by molar-refractivity contribution is 7.80. The van der Waals surface area contributed by atoms with Crippen LogP contribution < -0.4 is 10.6 Å². The zero-order chi connectivity index (χ0) is 15.2. The molecule has 0 aliphatic heterocycles. The van der Waals surface area contributed by atoms with Gasteiger partial charge in [-0.2, -0.15) is 10.2 Å². The van der Waals surface area contributed by atoms with Gasteiger partial charge in [0.15, 0.2) is 5.11 Å². The Kier molecular flexibility index (Phi) is 5.32. The molecule has 0 unspecified atom stereocenters. The number of hydrogen-bond acceptors (Lipinski definition) is 3. The van der Waals surface area contributed by atoms with Crippen molar-refractivity contribution in [2.75, 3.05) is 0 Å². The van der Waals surface area contributed by atoms with Crippen LogP contribution in [0.3, 0.4) is 0 Å². The lowest BCUT2D eigenvalue weighted by Gasteiger charge is -2.09. The molecule has 2 N–H and O–H groups in total. The highest BCUT2D eigenvalue weighted by Crippen LogP contribution is 2.06. The Hall–Kier alpha value is -1.89. The van der Waals surface area contributed by atoms with Crippen LogP contribution in [0.25, 0.3) is 0 Å². The normalized spacial score (nSPS) is 10.6. The summed E-state index contributed by atoms with van der Waals surface area (Å²) in [6.07, 6.45) is 5.76. The molecule has 7 heteroatoms. The van der Waals surface area contributed by atoms with E-state index in [-0.39, 0.29) is 0 Å². The number of rotatable bonds is 6. The molecule has 0 amide bonds. The van der Waals surface area contributed by atoms with Crippen molar-refractivity contribution in [2.24, 2.45) is 0 Å². The maximum absolute atomic E-state index is 5.29. The Morgan fingerprint density at radius 3 is 2.52 bits per heavy atom. The molecule has 0 fully saturated rings. The van der Waals surface area contributed by atoms with Crippen molar-refractivity contribution in [3.05, 3.63) is 35.4 Å². The first-order chi connectivity index (χ1) is 10.1. The van der Waals surface area contributed by atoms with Gasteiger partial charge in [0.1, 0.15) is 0 Å². The Morgan fingerprint density at radius 2 is 1.90 bits per heavy atom. The topological polar surface area (TPSA) is 59.7 Å². The van der Waals surface area contributed by atoms with Crippen LogP contribution in [0, 0.1) is 6.92 Å². The minimum Gasteiger partial charge on any atom is -0.359 e. The lowest BCUT2D eigenvalue weighted by atomic mass is 10.2. The number of hydrogen-bond donors (Lipinski definition) is 2. The summed E-state index contributed by atoms with van der Waals surface area (Å²) in [7, 11) is 0. The van der Waals surface area contributed by atoms with E-state index in [0.29, 0.717) is 18.2 Å². The quantitative estimate of drug-likeness (QED) is 0.794. The first kappa shape index (κ1) is 15.5. The predicted octanol–water partition coefficient (Wildman–Crippen LogP) is 1.59. The van der Waals surface area contributed by atoms with Gasteiger partial charge in [-0.1, -0.05) is 0 Å². The van der Waals surface area contributed by atoms with E-state index in [9.17, 15) is 0 Å². The van der Waals surface area contributed by atoms with Crippen LogP contribution in [0.1, 0.15) is 30.7 Å². The molecular weight excluding hydrogens is 284 g/mol. The van der Waals surface area contributed by atoms with Crippen molar-refractivity contribution in [1.82, 2.24) is 30.2 Å². The summed E-state index contributed by atoms with van der Waals surface area (Å²) in [5.74, 6) is 0. The lowest BCUT2D eigenvalue weighted by molar-refractivity contribution is 0.637. The molecule has 2 heterocycles. The molecule has 0 radical (unpaired) electrons. The fourth-order valence-electron chi connectivity index (χ4n) is 2.07. The Bertz CT molecular complexity index is 600. The molecule has 2 rings (SSSR count). The molecule has 0 spiro atoms. The molecule has 0 bridgehead atoms. The summed E-state index contributed by atoms with van der Waals surface area (Å²) in [6.45, 7) is 9.35. The monoisotopic (exact) mass is 306 g/mol. The van der Waals surface area contributed by atoms with Crippen LogP contribution in [0.5, 0.6) is 0 Å². The highest BCUT2D eigenvalue weighted by atomic mass is 32.1. The molecule has 0 saturated heterocycles. The fourth-order valence-corrected chi connectivity index (χ4v) is 2.21. The van der Waals surface area contributed by atoms with E-state index in [4.69, 9.17) is 12.2 Å². The largest absolute Gasteiger partial charge is 0.359 e. The summed E-state index contributed by atoms with van der Waals surface area (Å²) < 4.78 is 3.88. The van der Waals surface area contributed by atoms with E-state index in [1.165, 1.54) is 11.3 Å². The lowest BCUT2D eigenvalue weighted by Crippen LogP contribution is -2.34. The highest BCUT2D eigenvalue weighted by Gasteiger charge is 2.05. The Morgan fingerprint density at radius 1 is 1.14 bits per heavy atom. The second kappa shape index (κ2) is 7.21. The molecule has 2 aromatic heterocycles. The molecule has 21 heavy (non-hydrogen) atoms. The van der Waals surface area contributed by atoms with Gasteiger partial charge in [0, 0.05) is 49.2 Å². The molecule has 0 saturated carbocycles. The Labute approximate surface area is 130 Å². The first-order valence-electron chi connectivity index (χ1n) is 7.18. The third-order valence-corrected chi connectivity index (χ3v) is 3.70. The van der Waals surface area contributed by atoms with Crippen molar-refractivity contribution in [3.63, 3.8) is 0 Å². The van der Waals surface area contributed by atoms with Crippen LogP contribution in [-0.4, -0.2) is 24.7 Å². The van der Waals surface area contributed by atoms with Gasteiger partial charge in [-0.05, 0) is 33.0 Å². The van der Waals surface area contributed by atoms with Crippen LogP contribution >= 0.6 is 12.2 Å². The van der Waals surface area contributed by atoms with E-state index in [0.717, 1.165) is 18.7 Å². The average Bonchev–Trinajstić information content (AvgIpc) is 3.09. The van der Waals surface area contributed by atoms with Gasteiger partial charge in [-0.3, -0.25) is 9.36 Å². The van der Waals surface area contributed by atoms with Crippen molar-refractivity contribution in [3.8, 4) is 0 Å². The first-order valence-corrected chi connectivity index (χ1v) is 7.59. The smallest absolute Gasteiger partial charge is 0.166 e. The second-order valence-corrected chi connectivity index (χ2v) is 5.22. The third kappa shape index (κ3) is 4.04. The van der Waals surface area contributed by atoms with E-state index in [2.05, 4.69) is 41.6 Å². The molecule has 2 aromatic rings. The third-order valence-electron chi connectivity index (χ3n) is 3.41. The van der Waals surface area contributed by atoms with E-state index < -0.39 is 0 Å². The molecule has 0 aliphatic rings. The van der Waals surface area contributed by atoms with Gasteiger partial charge in [0.05, 0.1) is 12.4 Å². The molecule has 114 valence electrons. The van der Waals surface area contributed by atoms with E-state index >= 15 is 0 Å². The average molecular weight is 306 g/mol. The minimum atomic E-state index is 0.642. The number of aromatic nitrogens is 4. The van der Waals surface area contributed by atoms with Gasteiger partial charge in [-0.25, -0.2) is 0 Å². The summed E-state index contributed by atoms with van der Waals surface area (Å²) >= 11 is 5.29. The number of nitrogens with one attached hydrogen (secondary N) is 2. The summed E-state index contributed by atoms with van der Waals surface area (Å²) in [4.78, 5) is 0. The van der Waals surface area contributed by atoms with Gasteiger partial charge in [0.25, 0.3) is 0 Å². The maximum Gasteiger partial charge on any atom is 0.166 e. The fraction of sp³-hybridized carbons (Fsp3) is 0.500. The zero-order valence-electron chi connectivity index (χ0n) is 12.8. The van der Waals surface area contributed by atoms with E-state index in [1.807, 2.05) is 28.0 Å². The zero-order valence-corrected chi connectivity index (χ0v) is 13.6. The van der Waals surface area contributed by atoms with Gasteiger partial charge >= 0.3 is 0 Å². The molecule has 6 nitrogen and oxygen atoms in total. The summed E-state index contributed by atoms with van der Waals surface area (Å²) in [5.41, 5.74) is 3.47. The standard InChI is InChI=1S/C14H22N6S/c1-4-19-10-12(7-17-19)6-15-14(21)16-8-13-9-18-20(5-2)11(13)3/h7,9-10H,4-6,8H2,1-3H3,(H2,15,16,21). The summed E-state index contributed by atoms with van der Waals surface area (Å²) in [5, 5.41) is 15.6. The Balaban J connectivity index is 1.78. The van der Waals surface area contributed by atoms with Crippen molar-refractivity contribution in [2.45, 2.75) is 47.0 Å². The number of aryl methyl sites for hydroxylation is 2. The van der Waals surface area contributed by atoms with E-state index in [1.54, 1.807) is 0 Å². The van der Waals surface area contributed by atoms with Crippen molar-refractivity contribution < 1.29 is 0 Å². The van der Waals surface area contributed by atoms with Crippen LogP contribution in [-0.2, 0) is 26.2 Å². The summed E-state index contributed by atoms with van der Waals surface area (Å²) in [6, 6.07) is 0. The SMILES string of the molecule is CCn1cc(CNC(=S)NCc2cnn(CC)c2C)cn1. The second-order valence-electron chi connectivity index (χ2n) is 4.81. The number of nitrogens with zero attached hydrogens (tertiary/aromatic N) is 4. The minimum absolute atomic E-state index is 0.642.